The number of azo groups is 2. The third-order valence-electron chi connectivity index (χ3n) is 9.28. The van der Waals surface area contributed by atoms with Gasteiger partial charge in [-0.25, -0.2) is 0 Å². The van der Waals surface area contributed by atoms with Gasteiger partial charge >= 0.3 is 0 Å². The molecule has 0 saturated heterocycles. The molecule has 19 heteroatoms. The number of anilines is 4. The Morgan fingerprint density at radius 1 is 0.531 bits per heavy atom. The number of alkyl halides is 3. The molecule has 0 fully saturated rings. The van der Waals surface area contributed by atoms with Gasteiger partial charge in [-0.15, -0.1) is 34.8 Å². The van der Waals surface area contributed by atoms with Crippen molar-refractivity contribution in [2.75, 3.05) is 21.3 Å². The zero-order valence-corrected chi connectivity index (χ0v) is 38.2. The normalized spacial score (nSPS) is 13.1. The first-order valence-corrected chi connectivity index (χ1v) is 21.4. The van der Waals surface area contributed by atoms with Crippen LogP contribution >= 0.6 is 58.0 Å². The molecule has 0 aliphatic rings. The molecule has 4 atom stereocenters. The summed E-state index contributed by atoms with van der Waals surface area (Å²) in [6.45, 7) is 5.98. The molecule has 0 aliphatic heterocycles. The molecule has 4 amide bonds. The first kappa shape index (κ1) is 49.0. The van der Waals surface area contributed by atoms with Crippen molar-refractivity contribution in [2.24, 2.45) is 20.5 Å². The van der Waals surface area contributed by atoms with Crippen molar-refractivity contribution in [2.45, 2.75) is 56.4 Å². The van der Waals surface area contributed by atoms with Crippen molar-refractivity contribution in [3.05, 3.63) is 141 Å². The quantitative estimate of drug-likeness (QED) is 0.0406. The van der Waals surface area contributed by atoms with E-state index in [4.69, 9.17) is 58.0 Å². The molecule has 5 aromatic rings. The van der Waals surface area contributed by atoms with Crippen LogP contribution in [-0.2, 0) is 25.1 Å². The van der Waals surface area contributed by atoms with Crippen molar-refractivity contribution in [3.63, 3.8) is 0 Å². The van der Waals surface area contributed by atoms with Crippen molar-refractivity contribution in [1.82, 2.24) is 0 Å². The lowest BCUT2D eigenvalue weighted by molar-refractivity contribution is -0.127. The maximum Gasteiger partial charge on any atom is 0.258 e. The molecule has 0 spiro atoms. The fourth-order valence-corrected chi connectivity index (χ4v) is 6.55. The predicted octanol–water partition coefficient (Wildman–Crippen LogP) is 12.2. The van der Waals surface area contributed by atoms with E-state index in [9.17, 15) is 28.8 Å². The maximum absolute atomic E-state index is 13.4. The number of nitrogens with zero attached hydrogens (tertiary/aromatic N) is 4. The molecule has 5 aromatic carbocycles. The highest BCUT2D eigenvalue weighted by Gasteiger charge is 2.26. The Morgan fingerprint density at radius 2 is 0.938 bits per heavy atom. The van der Waals surface area contributed by atoms with Crippen LogP contribution in [0, 0.1) is 0 Å². The summed E-state index contributed by atoms with van der Waals surface area (Å²) in [5, 5.41) is 26.5. The van der Waals surface area contributed by atoms with Gasteiger partial charge in [0, 0.05) is 39.8 Å². The van der Waals surface area contributed by atoms with Crippen LogP contribution in [0.4, 0.5) is 34.1 Å². The standard InChI is InChI=1S/C45H39Cl5N8O6/c1-23(47)27-5-11-32(12-6-27)51-42(61)29-9-16-35(49)38(20-29)55-57-40(25(3)59)44(63)53-34-15-18-37(31(19-34)22-46)54-45(64)41(26(4)60)58-56-39-21-30(10-17-36(39)50)43(62)52-33-13-7-28(8-14-33)24(2)48/h5-21,23-24,40-41H,22H2,1-4H3,(H,51,61)(H,52,62)(H,53,63)(H,54,64). The number of carbonyl (C=O) groups excluding carboxylic acids is 6. The Bertz CT molecular complexity index is 2640. The van der Waals surface area contributed by atoms with Crippen LogP contribution in [0.5, 0.6) is 0 Å². The van der Waals surface area contributed by atoms with E-state index in [0.717, 1.165) is 25.0 Å². The molecule has 64 heavy (non-hydrogen) atoms. The number of hydrogen-bond donors (Lipinski definition) is 4. The van der Waals surface area contributed by atoms with Gasteiger partial charge in [0.05, 0.1) is 20.8 Å². The second kappa shape index (κ2) is 22.5. The molecule has 0 aliphatic carbocycles. The number of benzene rings is 5. The topological polar surface area (TPSA) is 200 Å². The number of amides is 4. The molecule has 0 saturated carbocycles. The molecule has 330 valence electrons. The van der Waals surface area contributed by atoms with Gasteiger partial charge in [0.15, 0.2) is 11.6 Å². The Balaban J connectivity index is 1.24. The van der Waals surface area contributed by atoms with Crippen LogP contribution in [0.2, 0.25) is 10.0 Å². The van der Waals surface area contributed by atoms with Crippen LogP contribution in [0.15, 0.2) is 124 Å². The summed E-state index contributed by atoms with van der Waals surface area (Å²) in [4.78, 5) is 77.9. The van der Waals surface area contributed by atoms with E-state index >= 15 is 0 Å². The molecule has 14 nitrogen and oxygen atoms in total. The number of hydrogen-bond acceptors (Lipinski definition) is 10. The van der Waals surface area contributed by atoms with Gasteiger partial charge in [-0.2, -0.15) is 20.5 Å². The van der Waals surface area contributed by atoms with Crippen LogP contribution in [-0.4, -0.2) is 47.3 Å². The number of halogens is 5. The molecule has 4 N–H and O–H groups in total. The lowest BCUT2D eigenvalue weighted by atomic mass is 10.1. The Morgan fingerprint density at radius 3 is 1.33 bits per heavy atom. The van der Waals surface area contributed by atoms with Crippen molar-refractivity contribution < 1.29 is 28.8 Å². The average molecular weight is 965 g/mol. The molecule has 4 unspecified atom stereocenters. The van der Waals surface area contributed by atoms with Crippen LogP contribution in [0.25, 0.3) is 0 Å². The summed E-state index contributed by atoms with van der Waals surface area (Å²) >= 11 is 31.1. The first-order chi connectivity index (χ1) is 30.4. The number of ketones is 2. The zero-order chi connectivity index (χ0) is 46.7. The molecule has 0 aromatic heterocycles. The van der Waals surface area contributed by atoms with E-state index in [1.165, 1.54) is 54.6 Å². The highest BCUT2D eigenvalue weighted by atomic mass is 35.5. The molecule has 0 radical (unpaired) electrons. The Kier molecular flexibility index (Phi) is 17.3. The lowest BCUT2D eigenvalue weighted by Crippen LogP contribution is -2.32. The fraction of sp³-hybridized carbons (Fsp3) is 0.200. The Hall–Kier alpha value is -6.03. The highest BCUT2D eigenvalue weighted by molar-refractivity contribution is 6.33. The lowest BCUT2D eigenvalue weighted by Gasteiger charge is -2.15. The van der Waals surface area contributed by atoms with Crippen LogP contribution in [0.1, 0.15) is 75.9 Å². The van der Waals surface area contributed by atoms with E-state index in [1.807, 2.05) is 13.8 Å². The van der Waals surface area contributed by atoms with Crippen LogP contribution in [0.3, 0.4) is 0 Å². The van der Waals surface area contributed by atoms with Gasteiger partial charge in [0.1, 0.15) is 11.4 Å². The van der Waals surface area contributed by atoms with E-state index in [0.29, 0.717) is 16.9 Å². The predicted molar refractivity (Wildman–Crippen MR) is 251 cm³/mol. The van der Waals surface area contributed by atoms with Crippen molar-refractivity contribution >= 4 is 127 Å². The maximum atomic E-state index is 13.4. The zero-order valence-electron chi connectivity index (χ0n) is 34.5. The average Bonchev–Trinajstić information content (AvgIpc) is 3.25. The smallest absolute Gasteiger partial charge is 0.258 e. The van der Waals surface area contributed by atoms with E-state index in [-0.39, 0.29) is 60.6 Å². The van der Waals surface area contributed by atoms with E-state index in [1.54, 1.807) is 48.5 Å². The van der Waals surface area contributed by atoms with Gasteiger partial charge in [0.2, 0.25) is 12.1 Å². The summed E-state index contributed by atoms with van der Waals surface area (Å²) in [5.41, 5.74) is 3.97. The summed E-state index contributed by atoms with van der Waals surface area (Å²) in [5.74, 6) is -4.08. The van der Waals surface area contributed by atoms with Crippen molar-refractivity contribution in [3.8, 4) is 0 Å². The molecular weight excluding hydrogens is 926 g/mol. The molecule has 5 rings (SSSR count). The summed E-state index contributed by atoms with van der Waals surface area (Å²) in [7, 11) is 0. The minimum atomic E-state index is -1.62. The van der Waals surface area contributed by atoms with Crippen LogP contribution < -0.4 is 21.3 Å². The monoisotopic (exact) mass is 962 g/mol. The minimum absolute atomic E-state index is 0.0317. The summed E-state index contributed by atoms with van der Waals surface area (Å²) in [6, 6.07) is 23.7. The van der Waals surface area contributed by atoms with Gasteiger partial charge < -0.3 is 21.3 Å². The Labute approximate surface area is 393 Å². The van der Waals surface area contributed by atoms with Gasteiger partial charge in [-0.3, -0.25) is 28.8 Å². The summed E-state index contributed by atoms with van der Waals surface area (Å²) < 4.78 is 0. The van der Waals surface area contributed by atoms with Gasteiger partial charge in [0.25, 0.3) is 23.6 Å². The van der Waals surface area contributed by atoms with E-state index < -0.39 is 47.3 Å². The number of Topliss-reactive ketones (excluding diaryl/α,β-unsaturated/α-hetero) is 2. The molecule has 0 heterocycles. The second-order valence-corrected chi connectivity index (χ2v) is 16.5. The number of rotatable bonds is 17. The minimum Gasteiger partial charge on any atom is -0.324 e. The van der Waals surface area contributed by atoms with E-state index in [2.05, 4.69) is 41.7 Å². The SMILES string of the molecule is CC(=O)C(N=Nc1cc(C(=O)Nc2ccc(C(C)Cl)cc2)ccc1Cl)C(=O)Nc1ccc(NC(=O)C(N=Nc2cc(C(=O)Nc3ccc(C(C)Cl)cc3)ccc2Cl)C(C)=O)c(CCl)c1. The largest absolute Gasteiger partial charge is 0.324 e. The number of nitrogens with one attached hydrogen (secondary N) is 4. The third-order valence-corrected chi connectivity index (χ3v) is 10.7. The molecule has 0 bridgehead atoms. The third kappa shape index (κ3) is 13.3. The molecular formula is C45H39Cl5N8O6. The first-order valence-electron chi connectivity index (χ1n) is 19.3. The second-order valence-electron chi connectivity index (χ2n) is 14.2. The highest BCUT2D eigenvalue weighted by Crippen LogP contribution is 2.30. The van der Waals surface area contributed by atoms with Gasteiger partial charge in [-0.05, 0) is 123 Å². The van der Waals surface area contributed by atoms with Gasteiger partial charge in [-0.1, -0.05) is 47.5 Å². The summed E-state index contributed by atoms with van der Waals surface area (Å²) in [6.07, 6.45) is 0. The number of carbonyl (C=O) groups is 6. The fourth-order valence-electron chi connectivity index (χ4n) is 5.72. The van der Waals surface area contributed by atoms with Crippen molar-refractivity contribution in [1.29, 1.82) is 0 Å².